The SMILES string of the molecule is N#CCc1nc(Cc2c(F)cccc2Cl)no1. The summed E-state index contributed by atoms with van der Waals surface area (Å²) in [6.45, 7) is 0. The zero-order chi connectivity index (χ0) is 12.3. The van der Waals surface area contributed by atoms with E-state index >= 15 is 0 Å². The van der Waals surface area contributed by atoms with E-state index in [1.807, 2.05) is 6.07 Å². The van der Waals surface area contributed by atoms with E-state index in [9.17, 15) is 4.39 Å². The van der Waals surface area contributed by atoms with Gasteiger partial charge in [0.1, 0.15) is 12.2 Å². The van der Waals surface area contributed by atoms with E-state index in [4.69, 9.17) is 21.4 Å². The van der Waals surface area contributed by atoms with Gasteiger partial charge in [0, 0.05) is 17.0 Å². The Labute approximate surface area is 102 Å². The molecule has 0 spiro atoms. The van der Waals surface area contributed by atoms with Crippen molar-refractivity contribution in [1.29, 1.82) is 5.26 Å². The molecule has 0 aliphatic rings. The van der Waals surface area contributed by atoms with Gasteiger partial charge in [-0.2, -0.15) is 10.2 Å². The minimum Gasteiger partial charge on any atom is -0.338 e. The molecule has 0 amide bonds. The summed E-state index contributed by atoms with van der Waals surface area (Å²) in [6, 6.07) is 6.32. The van der Waals surface area contributed by atoms with Crippen molar-refractivity contribution in [3.63, 3.8) is 0 Å². The Balaban J connectivity index is 2.23. The normalized spacial score (nSPS) is 10.2. The van der Waals surface area contributed by atoms with Gasteiger partial charge in [-0.1, -0.05) is 22.8 Å². The molecule has 0 saturated heterocycles. The van der Waals surface area contributed by atoms with Crippen molar-refractivity contribution < 1.29 is 8.91 Å². The predicted molar refractivity (Wildman–Crippen MR) is 57.8 cm³/mol. The number of nitriles is 1. The maximum absolute atomic E-state index is 13.5. The van der Waals surface area contributed by atoms with Crippen molar-refractivity contribution in [2.45, 2.75) is 12.8 Å². The Bertz CT molecular complexity index is 556. The zero-order valence-electron chi connectivity index (χ0n) is 8.65. The first kappa shape index (κ1) is 11.6. The lowest BCUT2D eigenvalue weighted by Crippen LogP contribution is -1.96. The molecule has 0 saturated carbocycles. The minimum absolute atomic E-state index is 0.0397. The second-order valence-corrected chi connectivity index (χ2v) is 3.72. The highest BCUT2D eigenvalue weighted by molar-refractivity contribution is 6.31. The lowest BCUT2D eigenvalue weighted by molar-refractivity contribution is 0.382. The van der Waals surface area contributed by atoms with Crippen molar-refractivity contribution in [3.8, 4) is 6.07 Å². The van der Waals surface area contributed by atoms with E-state index < -0.39 is 5.82 Å². The minimum atomic E-state index is -0.413. The number of benzene rings is 1. The molecule has 0 atom stereocenters. The molecule has 1 aromatic carbocycles. The predicted octanol–water partition coefficient (Wildman–Crippen LogP) is 2.52. The third kappa shape index (κ3) is 2.60. The van der Waals surface area contributed by atoms with Gasteiger partial charge in [0.05, 0.1) is 6.07 Å². The van der Waals surface area contributed by atoms with Crippen LogP contribution in [0.5, 0.6) is 0 Å². The number of nitrogens with zero attached hydrogens (tertiary/aromatic N) is 3. The fourth-order valence-corrected chi connectivity index (χ4v) is 1.59. The van der Waals surface area contributed by atoms with Crippen molar-refractivity contribution in [2.75, 3.05) is 0 Å². The molecule has 6 heteroatoms. The molecule has 0 fully saturated rings. The Morgan fingerprint density at radius 1 is 1.47 bits per heavy atom. The number of halogens is 2. The third-order valence-electron chi connectivity index (χ3n) is 2.14. The molecule has 4 nitrogen and oxygen atoms in total. The van der Waals surface area contributed by atoms with Crippen molar-refractivity contribution in [1.82, 2.24) is 10.1 Å². The maximum Gasteiger partial charge on any atom is 0.240 e. The van der Waals surface area contributed by atoms with E-state index in [-0.39, 0.29) is 18.7 Å². The Morgan fingerprint density at radius 3 is 3.00 bits per heavy atom. The van der Waals surface area contributed by atoms with Crippen LogP contribution in [0.4, 0.5) is 4.39 Å². The molecule has 0 aliphatic carbocycles. The fraction of sp³-hybridized carbons (Fsp3) is 0.182. The van der Waals surface area contributed by atoms with Crippen LogP contribution in [-0.2, 0) is 12.8 Å². The fourth-order valence-electron chi connectivity index (χ4n) is 1.36. The maximum atomic E-state index is 13.5. The van der Waals surface area contributed by atoms with Crippen molar-refractivity contribution >= 4 is 11.6 Å². The molecule has 0 aliphatic heterocycles. The first-order valence-electron chi connectivity index (χ1n) is 4.82. The Hall–Kier alpha value is -1.93. The number of rotatable bonds is 3. The van der Waals surface area contributed by atoms with Gasteiger partial charge in [0.15, 0.2) is 5.82 Å². The summed E-state index contributed by atoms with van der Waals surface area (Å²) in [5.74, 6) is 0.112. The zero-order valence-corrected chi connectivity index (χ0v) is 9.41. The smallest absolute Gasteiger partial charge is 0.240 e. The van der Waals surface area contributed by atoms with Crippen LogP contribution in [0.1, 0.15) is 17.3 Å². The van der Waals surface area contributed by atoms with Gasteiger partial charge >= 0.3 is 0 Å². The van der Waals surface area contributed by atoms with Crippen LogP contribution < -0.4 is 0 Å². The van der Waals surface area contributed by atoms with Crippen LogP contribution in [-0.4, -0.2) is 10.1 Å². The van der Waals surface area contributed by atoms with Crippen LogP contribution in [0.15, 0.2) is 22.7 Å². The highest BCUT2D eigenvalue weighted by atomic mass is 35.5. The van der Waals surface area contributed by atoms with Crippen LogP contribution in [0, 0.1) is 17.1 Å². The molecule has 0 bridgehead atoms. The largest absolute Gasteiger partial charge is 0.338 e. The van der Waals surface area contributed by atoms with E-state index in [1.54, 1.807) is 6.07 Å². The molecule has 0 radical (unpaired) electrons. The molecular weight excluding hydrogens is 245 g/mol. The average Bonchev–Trinajstić information content (AvgIpc) is 2.72. The molecule has 2 aromatic rings. The summed E-state index contributed by atoms with van der Waals surface area (Å²) >= 11 is 5.87. The lowest BCUT2D eigenvalue weighted by atomic mass is 10.1. The van der Waals surface area contributed by atoms with Crippen molar-refractivity contribution in [3.05, 3.63) is 46.3 Å². The van der Waals surface area contributed by atoms with E-state index in [0.717, 1.165) is 0 Å². The summed E-state index contributed by atoms with van der Waals surface area (Å²) in [6.07, 6.45) is 0.179. The molecule has 1 heterocycles. The second-order valence-electron chi connectivity index (χ2n) is 3.32. The summed E-state index contributed by atoms with van der Waals surface area (Å²) in [4.78, 5) is 3.95. The van der Waals surface area contributed by atoms with Crippen LogP contribution in [0.3, 0.4) is 0 Å². The second kappa shape index (κ2) is 4.93. The number of hydrogen-bond acceptors (Lipinski definition) is 4. The first-order valence-corrected chi connectivity index (χ1v) is 5.20. The molecule has 2 rings (SSSR count). The summed E-state index contributed by atoms with van der Waals surface area (Å²) in [7, 11) is 0. The van der Waals surface area contributed by atoms with Gasteiger partial charge in [-0.3, -0.25) is 0 Å². The van der Waals surface area contributed by atoms with Gasteiger partial charge < -0.3 is 4.52 Å². The van der Waals surface area contributed by atoms with Crippen LogP contribution in [0.2, 0.25) is 5.02 Å². The van der Waals surface area contributed by atoms with Crippen LogP contribution >= 0.6 is 11.6 Å². The van der Waals surface area contributed by atoms with Gasteiger partial charge in [0.2, 0.25) is 5.89 Å². The molecule has 0 N–H and O–H groups in total. The number of aromatic nitrogens is 2. The van der Waals surface area contributed by atoms with Gasteiger partial charge in [-0.15, -0.1) is 0 Å². The molecule has 1 aromatic heterocycles. The molecule has 0 unspecified atom stereocenters. The molecular formula is C11H7ClFN3O. The Morgan fingerprint density at radius 2 is 2.29 bits per heavy atom. The summed E-state index contributed by atoms with van der Waals surface area (Å²) in [5, 5.41) is 12.4. The molecule has 86 valence electrons. The van der Waals surface area contributed by atoms with Crippen LogP contribution in [0.25, 0.3) is 0 Å². The standard InChI is InChI=1S/C11H7ClFN3O/c12-8-2-1-3-9(13)7(8)6-10-15-11(4-5-14)17-16-10/h1-3H,4,6H2. The topological polar surface area (TPSA) is 62.7 Å². The quantitative estimate of drug-likeness (QED) is 0.841. The Kier molecular flexibility index (Phi) is 3.35. The summed E-state index contributed by atoms with van der Waals surface area (Å²) in [5.41, 5.74) is 0.318. The highest BCUT2D eigenvalue weighted by Gasteiger charge is 2.12. The monoisotopic (exact) mass is 251 g/mol. The van der Waals surface area contributed by atoms with E-state index in [0.29, 0.717) is 16.4 Å². The third-order valence-corrected chi connectivity index (χ3v) is 2.49. The number of hydrogen-bond donors (Lipinski definition) is 0. The average molecular weight is 252 g/mol. The van der Waals surface area contributed by atoms with E-state index in [2.05, 4.69) is 10.1 Å². The van der Waals surface area contributed by atoms with Gasteiger partial charge in [-0.25, -0.2) is 4.39 Å². The van der Waals surface area contributed by atoms with Gasteiger partial charge in [0.25, 0.3) is 0 Å². The van der Waals surface area contributed by atoms with E-state index in [1.165, 1.54) is 12.1 Å². The first-order chi connectivity index (χ1) is 8.20. The molecule has 17 heavy (non-hydrogen) atoms. The lowest BCUT2D eigenvalue weighted by Gasteiger charge is -2.01. The van der Waals surface area contributed by atoms with Gasteiger partial charge in [-0.05, 0) is 12.1 Å². The van der Waals surface area contributed by atoms with Crippen molar-refractivity contribution in [2.24, 2.45) is 0 Å². The summed E-state index contributed by atoms with van der Waals surface area (Å²) < 4.78 is 18.3. The highest BCUT2D eigenvalue weighted by Crippen LogP contribution is 2.21.